The molecule has 3 aromatic carbocycles. The number of nitrogens with zero attached hydrogens (tertiary/aromatic N) is 5. The Hall–Kier alpha value is -4.46. The molecule has 6 rings (SSSR count). The summed E-state index contributed by atoms with van der Waals surface area (Å²) in [6.45, 7) is 0. The summed E-state index contributed by atoms with van der Waals surface area (Å²) in [6.07, 6.45) is 4.32. The zero-order chi connectivity index (χ0) is 23.8. The molecule has 0 spiro atoms. The van der Waals surface area contributed by atoms with Crippen LogP contribution < -0.4 is 10.1 Å². The fourth-order valence-corrected chi connectivity index (χ4v) is 4.61. The lowest BCUT2D eigenvalue weighted by Crippen LogP contribution is -2.28. The van der Waals surface area contributed by atoms with Gasteiger partial charge < -0.3 is 10.1 Å². The van der Waals surface area contributed by atoms with E-state index in [9.17, 15) is 4.39 Å². The Morgan fingerprint density at radius 3 is 2.49 bits per heavy atom. The van der Waals surface area contributed by atoms with Crippen LogP contribution in [0.2, 0.25) is 0 Å². The summed E-state index contributed by atoms with van der Waals surface area (Å²) in [5.41, 5.74) is 4.83. The van der Waals surface area contributed by atoms with Crippen LogP contribution in [0.3, 0.4) is 0 Å². The van der Waals surface area contributed by atoms with Gasteiger partial charge in [0, 0.05) is 17.3 Å². The van der Waals surface area contributed by atoms with Gasteiger partial charge in [0.05, 0.1) is 30.6 Å². The van der Waals surface area contributed by atoms with Crippen LogP contribution in [0.25, 0.3) is 16.9 Å². The summed E-state index contributed by atoms with van der Waals surface area (Å²) in [6, 6.07) is 24.4. The van der Waals surface area contributed by atoms with Gasteiger partial charge in [-0.1, -0.05) is 30.3 Å². The second-order valence-corrected chi connectivity index (χ2v) is 8.47. The van der Waals surface area contributed by atoms with Crippen molar-refractivity contribution in [3.63, 3.8) is 0 Å². The van der Waals surface area contributed by atoms with Crippen molar-refractivity contribution >= 4 is 5.95 Å². The van der Waals surface area contributed by atoms with Crippen LogP contribution in [-0.2, 0) is 0 Å². The van der Waals surface area contributed by atoms with Gasteiger partial charge in [0.25, 0.3) is 0 Å². The topological polar surface area (TPSA) is 69.8 Å². The monoisotopic (exact) mass is 466 g/mol. The van der Waals surface area contributed by atoms with E-state index in [-0.39, 0.29) is 17.9 Å². The van der Waals surface area contributed by atoms with Gasteiger partial charge in [-0.3, -0.25) is 0 Å². The fraction of sp³-hybridized carbons (Fsp3) is 0.148. The van der Waals surface area contributed by atoms with E-state index in [1.54, 1.807) is 13.4 Å². The van der Waals surface area contributed by atoms with E-state index in [0.29, 0.717) is 12.4 Å². The van der Waals surface area contributed by atoms with Gasteiger partial charge in [0.15, 0.2) is 0 Å². The molecule has 7 nitrogen and oxygen atoms in total. The summed E-state index contributed by atoms with van der Waals surface area (Å²) in [4.78, 5) is 4.44. The molecule has 0 unspecified atom stereocenters. The lowest BCUT2D eigenvalue weighted by molar-refractivity contribution is 0.415. The summed E-state index contributed by atoms with van der Waals surface area (Å²) < 4.78 is 22.7. The van der Waals surface area contributed by atoms with Crippen molar-refractivity contribution in [2.24, 2.45) is 0 Å². The highest BCUT2D eigenvalue weighted by Crippen LogP contribution is 2.41. The van der Waals surface area contributed by atoms with Crippen LogP contribution in [0, 0.1) is 5.82 Å². The molecule has 8 heteroatoms. The number of fused-ring (bicyclic) bond motifs is 1. The maximum atomic E-state index is 13.6. The third kappa shape index (κ3) is 3.93. The third-order valence-corrected chi connectivity index (χ3v) is 6.39. The number of aromatic nitrogens is 5. The minimum Gasteiger partial charge on any atom is -0.497 e. The molecule has 174 valence electrons. The molecule has 0 aliphatic carbocycles. The Bertz CT molecular complexity index is 1440. The number of benzene rings is 3. The number of hydrogen-bond acceptors (Lipinski definition) is 5. The van der Waals surface area contributed by atoms with E-state index in [4.69, 9.17) is 9.84 Å². The van der Waals surface area contributed by atoms with Crippen molar-refractivity contribution in [3.8, 4) is 22.7 Å². The highest BCUT2D eigenvalue weighted by molar-refractivity contribution is 5.65. The van der Waals surface area contributed by atoms with E-state index >= 15 is 0 Å². The average Bonchev–Trinajstić information content (AvgIpc) is 3.57. The normalized spacial score (nSPS) is 17.0. The molecule has 0 amide bonds. The van der Waals surface area contributed by atoms with Gasteiger partial charge in [0.1, 0.15) is 17.9 Å². The number of hydrogen-bond donors (Lipinski definition) is 1. The van der Waals surface area contributed by atoms with Crippen molar-refractivity contribution in [3.05, 3.63) is 108 Å². The second-order valence-electron chi connectivity index (χ2n) is 8.47. The van der Waals surface area contributed by atoms with E-state index in [1.807, 2.05) is 76.1 Å². The molecule has 2 atom stereocenters. The average molecular weight is 467 g/mol. The summed E-state index contributed by atoms with van der Waals surface area (Å²) in [7, 11) is 1.65. The Balaban J connectivity index is 1.48. The molecule has 3 heterocycles. The molecule has 5 aromatic rings. The Labute approximate surface area is 201 Å². The Kier molecular flexibility index (Phi) is 5.25. The molecule has 0 saturated carbocycles. The van der Waals surface area contributed by atoms with E-state index in [0.717, 1.165) is 33.8 Å². The third-order valence-electron chi connectivity index (χ3n) is 6.39. The Morgan fingerprint density at radius 1 is 0.971 bits per heavy atom. The first-order chi connectivity index (χ1) is 17.2. The van der Waals surface area contributed by atoms with Crippen LogP contribution in [-0.4, -0.2) is 31.7 Å². The molecule has 1 aliphatic rings. The molecular weight excluding hydrogens is 443 g/mol. The molecule has 0 bridgehead atoms. The zero-order valence-corrected chi connectivity index (χ0v) is 19.0. The number of nitrogens with one attached hydrogen (secondary N) is 1. The first-order valence-corrected chi connectivity index (χ1v) is 11.4. The number of rotatable bonds is 5. The fourth-order valence-electron chi connectivity index (χ4n) is 4.61. The number of halogens is 1. The lowest BCUT2D eigenvalue weighted by Gasteiger charge is -2.31. The van der Waals surface area contributed by atoms with Crippen molar-refractivity contribution in [1.82, 2.24) is 24.5 Å². The quantitative estimate of drug-likeness (QED) is 0.374. The van der Waals surface area contributed by atoms with Gasteiger partial charge in [-0.25, -0.2) is 13.8 Å². The van der Waals surface area contributed by atoms with E-state index in [2.05, 4.69) is 21.6 Å². The zero-order valence-electron chi connectivity index (χ0n) is 19.0. The van der Waals surface area contributed by atoms with Crippen LogP contribution in [0.1, 0.15) is 29.6 Å². The van der Waals surface area contributed by atoms with Crippen LogP contribution in [0.15, 0.2) is 91.4 Å². The highest BCUT2D eigenvalue weighted by atomic mass is 19.1. The van der Waals surface area contributed by atoms with Gasteiger partial charge >= 0.3 is 0 Å². The lowest BCUT2D eigenvalue weighted by atomic mass is 9.92. The van der Waals surface area contributed by atoms with Crippen molar-refractivity contribution in [2.75, 3.05) is 12.4 Å². The highest BCUT2D eigenvalue weighted by Gasteiger charge is 2.33. The first-order valence-electron chi connectivity index (χ1n) is 11.4. The number of anilines is 1. The Morgan fingerprint density at radius 2 is 1.74 bits per heavy atom. The van der Waals surface area contributed by atoms with Gasteiger partial charge in [0.2, 0.25) is 5.95 Å². The van der Waals surface area contributed by atoms with Crippen molar-refractivity contribution < 1.29 is 9.13 Å². The molecular formula is C27H23FN6O. The molecule has 1 N–H and O–H groups in total. The molecule has 35 heavy (non-hydrogen) atoms. The molecule has 1 aliphatic heterocycles. The van der Waals surface area contributed by atoms with E-state index in [1.165, 1.54) is 12.1 Å². The number of methoxy groups -OCH3 is 1. The summed E-state index contributed by atoms with van der Waals surface area (Å²) in [5.74, 6) is 1.20. The number of ether oxygens (including phenoxy) is 1. The smallest absolute Gasteiger partial charge is 0.222 e. The van der Waals surface area contributed by atoms with Crippen molar-refractivity contribution in [1.29, 1.82) is 0 Å². The SMILES string of the molecule is COc1ccc(-c2nn(-c3ccccc3)cc2[C@H]2C[C@H](c3ccc(F)cc3)Nc3ncnn32)cc1. The molecule has 2 aromatic heterocycles. The van der Waals surface area contributed by atoms with Gasteiger partial charge in [-0.05, 0) is 60.5 Å². The van der Waals surface area contributed by atoms with Crippen molar-refractivity contribution in [2.45, 2.75) is 18.5 Å². The minimum absolute atomic E-state index is 0.0545. The summed E-state index contributed by atoms with van der Waals surface area (Å²) >= 11 is 0. The second kappa shape index (κ2) is 8.72. The largest absolute Gasteiger partial charge is 0.497 e. The van der Waals surface area contributed by atoms with Gasteiger partial charge in [-0.15, -0.1) is 0 Å². The minimum atomic E-state index is -0.254. The standard InChI is InChI=1S/C27H23FN6O/c1-35-22-13-9-19(10-14-22)26-23(16-33(32-26)21-5-3-2-4-6-21)25-15-24(18-7-11-20(28)12-8-18)31-27-29-17-30-34(25)27/h2-14,16-17,24-25H,15H2,1H3,(H,29,30,31)/t24-,25-/m1/s1. The van der Waals surface area contributed by atoms with Crippen LogP contribution in [0.4, 0.5) is 10.3 Å². The maximum absolute atomic E-state index is 13.6. The first kappa shape index (κ1) is 21.1. The predicted octanol–water partition coefficient (Wildman–Crippen LogP) is 5.42. The van der Waals surface area contributed by atoms with E-state index < -0.39 is 0 Å². The summed E-state index contributed by atoms with van der Waals surface area (Å²) in [5, 5.41) is 13.0. The molecule has 0 saturated heterocycles. The van der Waals surface area contributed by atoms with Crippen LogP contribution >= 0.6 is 0 Å². The number of para-hydroxylation sites is 1. The maximum Gasteiger partial charge on any atom is 0.222 e. The molecule has 0 radical (unpaired) electrons. The van der Waals surface area contributed by atoms with Crippen LogP contribution in [0.5, 0.6) is 5.75 Å². The molecule has 0 fully saturated rings. The predicted molar refractivity (Wildman–Crippen MR) is 131 cm³/mol. The van der Waals surface area contributed by atoms with Gasteiger partial charge in [-0.2, -0.15) is 15.2 Å².